The van der Waals surface area contributed by atoms with Gasteiger partial charge in [0.25, 0.3) is 0 Å². The van der Waals surface area contributed by atoms with Gasteiger partial charge >= 0.3 is 0 Å². The minimum atomic E-state index is -0.585. The second-order valence-corrected chi connectivity index (χ2v) is 8.12. The number of nitrogens with one attached hydrogen (secondary N) is 1. The molecule has 0 radical (unpaired) electrons. The number of carbonyl (C=O) groups is 2. The van der Waals surface area contributed by atoms with Gasteiger partial charge in [-0.25, -0.2) is 0 Å². The molecule has 0 bridgehead atoms. The lowest BCUT2D eigenvalue weighted by molar-refractivity contribution is -0.117. The van der Waals surface area contributed by atoms with Crippen LogP contribution < -0.4 is 5.32 Å². The van der Waals surface area contributed by atoms with Crippen molar-refractivity contribution >= 4 is 39.9 Å². The van der Waals surface area contributed by atoms with Crippen LogP contribution in [-0.2, 0) is 11.2 Å². The minimum Gasteiger partial charge on any atom is -0.325 e. The van der Waals surface area contributed by atoms with E-state index in [4.69, 9.17) is 16.6 Å². The second-order valence-electron chi connectivity index (χ2n) is 7.71. The Kier molecular flexibility index (Phi) is 5.00. The zero-order valence-corrected chi connectivity index (χ0v) is 17.3. The van der Waals surface area contributed by atoms with Crippen molar-refractivity contribution in [3.63, 3.8) is 0 Å². The number of benzene rings is 3. The first-order valence-electron chi connectivity index (χ1n) is 10.1. The number of halogens is 1. The van der Waals surface area contributed by atoms with Crippen LogP contribution in [-0.4, -0.2) is 16.7 Å². The zero-order valence-electron chi connectivity index (χ0n) is 16.6. The molecule has 1 N–H and O–H groups in total. The number of para-hydroxylation sites is 2. The maximum Gasteiger partial charge on any atom is 0.232 e. The molecular weight excluding hydrogens is 408 g/mol. The standard InChI is InChI=1S/C26H19ClN2O2/c27-21-11-6-9-16-13-14-18(28-24(16)21)15-20(25(30)17-7-2-1-3-8-17)23-19-10-4-5-12-22(19)29-26(23)31/h1-14,20,23H,15H2,(H,29,31). The lowest BCUT2D eigenvalue weighted by Crippen LogP contribution is -2.29. The molecule has 1 aromatic heterocycles. The third-order valence-electron chi connectivity index (χ3n) is 5.79. The molecule has 152 valence electrons. The maximum atomic E-state index is 13.6. The van der Waals surface area contributed by atoms with Crippen molar-refractivity contribution in [2.45, 2.75) is 12.3 Å². The summed E-state index contributed by atoms with van der Waals surface area (Å²) in [5.41, 5.74) is 3.62. The highest BCUT2D eigenvalue weighted by molar-refractivity contribution is 6.35. The lowest BCUT2D eigenvalue weighted by Gasteiger charge is -2.21. The number of hydrogen-bond donors (Lipinski definition) is 1. The Morgan fingerprint density at radius 3 is 2.55 bits per heavy atom. The molecule has 0 fully saturated rings. The third kappa shape index (κ3) is 3.60. The molecule has 5 heteroatoms. The number of aromatic nitrogens is 1. The molecule has 2 atom stereocenters. The van der Waals surface area contributed by atoms with Gasteiger partial charge in [0.1, 0.15) is 0 Å². The average Bonchev–Trinajstić information content (AvgIpc) is 3.13. The Balaban J connectivity index is 1.59. The lowest BCUT2D eigenvalue weighted by atomic mass is 9.79. The SMILES string of the molecule is O=C(c1ccccc1)C(Cc1ccc2cccc(Cl)c2n1)C1C(=O)Nc2ccccc21. The van der Waals surface area contributed by atoms with E-state index >= 15 is 0 Å². The number of Topliss-reactive ketones (excluding diaryl/α,β-unsaturated/α-hetero) is 1. The average molecular weight is 427 g/mol. The van der Waals surface area contributed by atoms with Crippen LogP contribution in [0.4, 0.5) is 5.69 Å². The Hall–Kier alpha value is -3.50. The second kappa shape index (κ2) is 7.97. The van der Waals surface area contributed by atoms with Crippen molar-refractivity contribution in [3.05, 3.63) is 107 Å². The van der Waals surface area contributed by atoms with Crippen LogP contribution in [0.5, 0.6) is 0 Å². The molecule has 4 aromatic rings. The zero-order chi connectivity index (χ0) is 21.4. The third-order valence-corrected chi connectivity index (χ3v) is 6.10. The van der Waals surface area contributed by atoms with Gasteiger partial charge in [0.2, 0.25) is 5.91 Å². The smallest absolute Gasteiger partial charge is 0.232 e. The molecule has 2 heterocycles. The molecule has 4 nitrogen and oxygen atoms in total. The van der Waals surface area contributed by atoms with Crippen molar-refractivity contribution in [1.29, 1.82) is 0 Å². The summed E-state index contributed by atoms with van der Waals surface area (Å²) in [7, 11) is 0. The summed E-state index contributed by atoms with van der Waals surface area (Å²) < 4.78 is 0. The number of carbonyl (C=O) groups excluding carboxylic acids is 2. The molecule has 0 saturated heterocycles. The van der Waals surface area contributed by atoms with Gasteiger partial charge in [-0.05, 0) is 23.8 Å². The van der Waals surface area contributed by atoms with Crippen LogP contribution in [0.3, 0.4) is 0 Å². The number of ketones is 1. The summed E-state index contributed by atoms with van der Waals surface area (Å²) in [6.45, 7) is 0. The molecular formula is C26H19ClN2O2. The number of pyridine rings is 1. The largest absolute Gasteiger partial charge is 0.325 e. The highest BCUT2D eigenvalue weighted by Gasteiger charge is 2.40. The normalized spacial score (nSPS) is 16.0. The molecule has 0 aliphatic carbocycles. The molecule has 1 aliphatic rings. The van der Waals surface area contributed by atoms with E-state index < -0.39 is 11.8 Å². The van der Waals surface area contributed by atoms with Gasteiger partial charge in [0.05, 0.1) is 16.5 Å². The fraction of sp³-hybridized carbons (Fsp3) is 0.115. The number of fused-ring (bicyclic) bond motifs is 2. The van der Waals surface area contributed by atoms with Gasteiger partial charge in [0, 0.05) is 34.7 Å². The molecule has 0 saturated carbocycles. The Morgan fingerprint density at radius 2 is 1.71 bits per heavy atom. The summed E-state index contributed by atoms with van der Waals surface area (Å²) in [6.07, 6.45) is 0.335. The summed E-state index contributed by atoms with van der Waals surface area (Å²) in [5, 5.41) is 4.43. The summed E-state index contributed by atoms with van der Waals surface area (Å²) in [5.74, 6) is -1.39. The number of rotatable bonds is 5. The molecule has 3 aromatic carbocycles. The van der Waals surface area contributed by atoms with Gasteiger partial charge in [-0.3, -0.25) is 14.6 Å². The fourth-order valence-corrected chi connectivity index (χ4v) is 4.53. The van der Waals surface area contributed by atoms with Crippen molar-refractivity contribution in [1.82, 2.24) is 4.98 Å². The van der Waals surface area contributed by atoms with E-state index in [1.165, 1.54) is 0 Å². The van der Waals surface area contributed by atoms with Gasteiger partial charge in [-0.15, -0.1) is 0 Å². The Morgan fingerprint density at radius 1 is 0.935 bits per heavy atom. The fourth-order valence-electron chi connectivity index (χ4n) is 4.30. The Labute approximate surface area is 184 Å². The van der Waals surface area contributed by atoms with Crippen molar-refractivity contribution in [2.24, 2.45) is 5.92 Å². The molecule has 2 unspecified atom stereocenters. The van der Waals surface area contributed by atoms with E-state index in [9.17, 15) is 9.59 Å². The van der Waals surface area contributed by atoms with Gasteiger partial charge in [0.15, 0.2) is 5.78 Å². The number of amides is 1. The number of anilines is 1. The quantitative estimate of drug-likeness (QED) is 0.418. The van der Waals surface area contributed by atoms with Gasteiger partial charge < -0.3 is 5.32 Å². The first-order valence-corrected chi connectivity index (χ1v) is 10.5. The highest BCUT2D eigenvalue weighted by Crippen LogP contribution is 2.40. The molecule has 0 spiro atoms. The summed E-state index contributed by atoms with van der Waals surface area (Å²) >= 11 is 6.35. The van der Waals surface area contributed by atoms with E-state index in [2.05, 4.69) is 5.32 Å². The minimum absolute atomic E-state index is 0.0708. The van der Waals surface area contributed by atoms with E-state index in [-0.39, 0.29) is 11.7 Å². The van der Waals surface area contributed by atoms with E-state index in [0.29, 0.717) is 22.5 Å². The summed E-state index contributed by atoms with van der Waals surface area (Å²) in [6, 6.07) is 26.2. The van der Waals surface area contributed by atoms with Crippen LogP contribution in [0.15, 0.2) is 84.9 Å². The van der Waals surface area contributed by atoms with Crippen LogP contribution in [0.25, 0.3) is 10.9 Å². The van der Waals surface area contributed by atoms with Crippen LogP contribution >= 0.6 is 11.6 Å². The maximum absolute atomic E-state index is 13.6. The van der Waals surface area contributed by atoms with Gasteiger partial charge in [-0.2, -0.15) is 0 Å². The number of nitrogens with zero attached hydrogens (tertiary/aromatic N) is 1. The molecule has 1 aliphatic heterocycles. The highest BCUT2D eigenvalue weighted by atomic mass is 35.5. The van der Waals surface area contributed by atoms with Crippen LogP contribution in [0, 0.1) is 5.92 Å². The molecule has 5 rings (SSSR count). The first kappa shape index (κ1) is 19.5. The first-order chi connectivity index (χ1) is 15.1. The predicted octanol–water partition coefficient (Wildman–Crippen LogP) is 5.67. The predicted molar refractivity (Wildman–Crippen MR) is 123 cm³/mol. The van der Waals surface area contributed by atoms with E-state index in [1.54, 1.807) is 18.2 Å². The number of hydrogen-bond acceptors (Lipinski definition) is 3. The topological polar surface area (TPSA) is 59.1 Å². The molecule has 31 heavy (non-hydrogen) atoms. The van der Waals surface area contributed by atoms with E-state index in [0.717, 1.165) is 22.3 Å². The van der Waals surface area contributed by atoms with Crippen molar-refractivity contribution in [2.75, 3.05) is 5.32 Å². The van der Waals surface area contributed by atoms with E-state index in [1.807, 2.05) is 66.7 Å². The van der Waals surface area contributed by atoms with Crippen molar-refractivity contribution in [3.8, 4) is 0 Å². The monoisotopic (exact) mass is 426 g/mol. The summed E-state index contributed by atoms with van der Waals surface area (Å²) in [4.78, 5) is 31.3. The van der Waals surface area contributed by atoms with Gasteiger partial charge in [-0.1, -0.05) is 78.3 Å². The van der Waals surface area contributed by atoms with Crippen LogP contribution in [0.2, 0.25) is 5.02 Å². The molecule has 1 amide bonds. The van der Waals surface area contributed by atoms with Crippen LogP contribution in [0.1, 0.15) is 27.5 Å². The van der Waals surface area contributed by atoms with Crippen molar-refractivity contribution < 1.29 is 9.59 Å². The Bertz CT molecular complexity index is 1300.